The molecule has 5 nitrogen and oxygen atoms in total. The van der Waals surface area contributed by atoms with Crippen molar-refractivity contribution >= 4 is 16.0 Å². The highest BCUT2D eigenvalue weighted by Crippen LogP contribution is 2.23. The molecular weight excluding hydrogens is 242 g/mol. The van der Waals surface area contributed by atoms with Crippen LogP contribution in [0.15, 0.2) is 0 Å². The Hall–Kier alpha value is -0.620. The summed E-state index contributed by atoms with van der Waals surface area (Å²) < 4.78 is 25.4. The lowest BCUT2D eigenvalue weighted by Crippen LogP contribution is -2.42. The Morgan fingerprint density at radius 3 is 2.71 bits per heavy atom. The quantitative estimate of drug-likeness (QED) is 0.784. The summed E-state index contributed by atoms with van der Waals surface area (Å²) in [6.07, 6.45) is 2.86. The molecule has 1 aliphatic heterocycles. The van der Waals surface area contributed by atoms with Crippen molar-refractivity contribution in [2.75, 3.05) is 12.3 Å². The van der Waals surface area contributed by atoms with E-state index in [1.54, 1.807) is 0 Å². The van der Waals surface area contributed by atoms with Gasteiger partial charge in [0.25, 0.3) is 0 Å². The van der Waals surface area contributed by atoms with Gasteiger partial charge in [-0.1, -0.05) is 20.3 Å². The first-order chi connectivity index (χ1) is 7.88. The first kappa shape index (κ1) is 14.4. The van der Waals surface area contributed by atoms with Gasteiger partial charge >= 0.3 is 5.97 Å². The van der Waals surface area contributed by atoms with Crippen LogP contribution >= 0.6 is 0 Å². The zero-order chi connectivity index (χ0) is 13.1. The molecule has 0 aromatic heterocycles. The van der Waals surface area contributed by atoms with Gasteiger partial charge in [-0.2, -0.15) is 4.31 Å². The van der Waals surface area contributed by atoms with Crippen LogP contribution < -0.4 is 0 Å². The van der Waals surface area contributed by atoms with E-state index in [-0.39, 0.29) is 11.7 Å². The molecule has 2 atom stereocenters. The van der Waals surface area contributed by atoms with E-state index in [9.17, 15) is 13.2 Å². The number of carbonyl (C=O) groups is 1. The van der Waals surface area contributed by atoms with Crippen LogP contribution in [0.25, 0.3) is 0 Å². The second-order valence-electron chi connectivity index (χ2n) is 4.78. The lowest BCUT2D eigenvalue weighted by molar-refractivity contribution is -0.140. The number of hydrogen-bond donors (Lipinski definition) is 1. The summed E-state index contributed by atoms with van der Waals surface area (Å²) in [5, 5.41) is 8.98. The summed E-state index contributed by atoms with van der Waals surface area (Å²) in [6.45, 7) is 4.25. The Morgan fingerprint density at radius 1 is 1.53 bits per heavy atom. The Bertz CT molecular complexity index is 366. The van der Waals surface area contributed by atoms with Gasteiger partial charge in [0.05, 0.1) is 5.75 Å². The third-order valence-corrected chi connectivity index (χ3v) is 5.26. The third kappa shape index (κ3) is 3.67. The van der Waals surface area contributed by atoms with Gasteiger partial charge in [0.1, 0.15) is 6.04 Å². The number of carboxylic acid groups (broad SMARTS) is 1. The van der Waals surface area contributed by atoms with Crippen LogP contribution in [0.3, 0.4) is 0 Å². The number of rotatable bonds is 6. The topological polar surface area (TPSA) is 74.7 Å². The summed E-state index contributed by atoms with van der Waals surface area (Å²) in [7, 11) is -3.42. The van der Waals surface area contributed by atoms with E-state index >= 15 is 0 Å². The molecule has 0 aromatic rings. The minimum atomic E-state index is -3.42. The normalized spacial score (nSPS) is 23.8. The molecule has 1 heterocycles. The van der Waals surface area contributed by atoms with Crippen LogP contribution in [0, 0.1) is 5.92 Å². The van der Waals surface area contributed by atoms with Gasteiger partial charge in [0.2, 0.25) is 10.0 Å². The standard InChI is InChI=1S/C11H21NO4S/c1-3-5-9(2)8-17(15,16)12-7-4-6-10(12)11(13)14/h9-10H,3-8H2,1-2H3,(H,13,14). The van der Waals surface area contributed by atoms with E-state index in [4.69, 9.17) is 5.11 Å². The van der Waals surface area contributed by atoms with E-state index < -0.39 is 22.0 Å². The maximum absolute atomic E-state index is 12.1. The van der Waals surface area contributed by atoms with Crippen molar-refractivity contribution < 1.29 is 18.3 Å². The van der Waals surface area contributed by atoms with Gasteiger partial charge in [-0.3, -0.25) is 4.79 Å². The maximum Gasteiger partial charge on any atom is 0.322 e. The number of aliphatic carboxylic acids is 1. The number of hydrogen-bond acceptors (Lipinski definition) is 3. The molecule has 1 fully saturated rings. The van der Waals surface area contributed by atoms with E-state index in [0.29, 0.717) is 19.4 Å². The predicted molar refractivity (Wildman–Crippen MR) is 65.2 cm³/mol. The molecule has 0 saturated carbocycles. The maximum atomic E-state index is 12.1. The molecule has 2 unspecified atom stereocenters. The zero-order valence-corrected chi connectivity index (χ0v) is 11.2. The molecule has 0 aliphatic carbocycles. The fourth-order valence-corrected chi connectivity index (χ4v) is 4.42. The second-order valence-corrected chi connectivity index (χ2v) is 6.75. The molecular formula is C11H21NO4S. The SMILES string of the molecule is CCCC(C)CS(=O)(=O)N1CCCC1C(=O)O. The van der Waals surface area contributed by atoms with Gasteiger partial charge in [0.15, 0.2) is 0 Å². The van der Waals surface area contributed by atoms with Gasteiger partial charge < -0.3 is 5.11 Å². The Morgan fingerprint density at radius 2 is 2.18 bits per heavy atom. The molecule has 1 N–H and O–H groups in total. The fraction of sp³-hybridized carbons (Fsp3) is 0.909. The average Bonchev–Trinajstić information content (AvgIpc) is 2.65. The molecule has 0 spiro atoms. The first-order valence-corrected chi connectivity index (χ1v) is 7.71. The Kier molecular flexibility index (Phi) is 4.94. The lowest BCUT2D eigenvalue weighted by Gasteiger charge is -2.22. The van der Waals surface area contributed by atoms with Crippen molar-refractivity contribution in [3.63, 3.8) is 0 Å². The largest absolute Gasteiger partial charge is 0.480 e. The molecule has 0 aromatic carbocycles. The van der Waals surface area contributed by atoms with Crippen LogP contribution in [0.5, 0.6) is 0 Å². The predicted octanol–water partition coefficient (Wildman–Crippen LogP) is 1.30. The molecule has 0 bridgehead atoms. The molecule has 6 heteroatoms. The van der Waals surface area contributed by atoms with Crippen molar-refractivity contribution in [2.45, 2.75) is 45.6 Å². The fourth-order valence-electron chi connectivity index (χ4n) is 2.35. The molecule has 0 radical (unpaired) electrons. The number of carboxylic acids is 1. The highest BCUT2D eigenvalue weighted by molar-refractivity contribution is 7.89. The van der Waals surface area contributed by atoms with Crippen molar-refractivity contribution in [1.82, 2.24) is 4.31 Å². The number of nitrogens with zero attached hydrogens (tertiary/aromatic N) is 1. The Balaban J connectivity index is 2.72. The van der Waals surface area contributed by atoms with E-state index in [0.717, 1.165) is 12.8 Å². The zero-order valence-electron chi connectivity index (χ0n) is 10.4. The van der Waals surface area contributed by atoms with E-state index in [2.05, 4.69) is 0 Å². The summed E-state index contributed by atoms with van der Waals surface area (Å²) in [5.41, 5.74) is 0. The molecule has 1 aliphatic rings. The van der Waals surface area contributed by atoms with E-state index in [1.807, 2.05) is 13.8 Å². The van der Waals surface area contributed by atoms with Gasteiger partial charge in [-0.15, -0.1) is 0 Å². The third-order valence-electron chi connectivity index (χ3n) is 3.12. The summed E-state index contributed by atoms with van der Waals surface area (Å²) in [6, 6.07) is -0.853. The summed E-state index contributed by atoms with van der Waals surface area (Å²) in [5.74, 6) is -0.890. The Labute approximate surface area is 103 Å². The van der Waals surface area contributed by atoms with Gasteiger partial charge in [-0.05, 0) is 25.2 Å². The van der Waals surface area contributed by atoms with Crippen molar-refractivity contribution in [3.05, 3.63) is 0 Å². The van der Waals surface area contributed by atoms with Crippen LogP contribution in [0.2, 0.25) is 0 Å². The van der Waals surface area contributed by atoms with Crippen LogP contribution in [-0.2, 0) is 14.8 Å². The minimum absolute atomic E-state index is 0.0601. The van der Waals surface area contributed by atoms with Crippen LogP contribution in [-0.4, -0.2) is 42.1 Å². The molecule has 1 rings (SSSR count). The highest BCUT2D eigenvalue weighted by atomic mass is 32.2. The molecule has 1 saturated heterocycles. The van der Waals surface area contributed by atoms with E-state index in [1.165, 1.54) is 4.31 Å². The van der Waals surface area contributed by atoms with Crippen molar-refractivity contribution in [2.24, 2.45) is 5.92 Å². The van der Waals surface area contributed by atoms with Crippen molar-refractivity contribution in [3.8, 4) is 0 Å². The average molecular weight is 263 g/mol. The summed E-state index contributed by atoms with van der Waals surface area (Å²) >= 11 is 0. The molecule has 0 amide bonds. The molecule has 17 heavy (non-hydrogen) atoms. The van der Waals surface area contributed by atoms with Gasteiger partial charge in [0, 0.05) is 6.54 Å². The lowest BCUT2D eigenvalue weighted by atomic mass is 10.1. The smallest absolute Gasteiger partial charge is 0.322 e. The molecule has 100 valence electrons. The van der Waals surface area contributed by atoms with Crippen LogP contribution in [0.1, 0.15) is 39.5 Å². The summed E-state index contributed by atoms with van der Waals surface area (Å²) in [4.78, 5) is 11.0. The van der Waals surface area contributed by atoms with Crippen molar-refractivity contribution in [1.29, 1.82) is 0 Å². The highest BCUT2D eigenvalue weighted by Gasteiger charge is 2.38. The van der Waals surface area contributed by atoms with Crippen LogP contribution in [0.4, 0.5) is 0 Å². The first-order valence-electron chi connectivity index (χ1n) is 6.10. The van der Waals surface area contributed by atoms with Gasteiger partial charge in [-0.25, -0.2) is 8.42 Å². The number of sulfonamides is 1. The second kappa shape index (κ2) is 5.82. The monoisotopic (exact) mass is 263 g/mol. The minimum Gasteiger partial charge on any atom is -0.480 e.